The molecule has 1 unspecified atom stereocenters. The average molecular weight is 420 g/mol. The van der Waals surface area contributed by atoms with E-state index < -0.39 is 0 Å². The Kier molecular flexibility index (Phi) is 5.93. The van der Waals surface area contributed by atoms with Gasteiger partial charge in [-0.15, -0.1) is 0 Å². The van der Waals surface area contributed by atoms with Crippen LogP contribution in [0, 0.1) is 23.6 Å². The van der Waals surface area contributed by atoms with Gasteiger partial charge in [0.2, 0.25) is 5.91 Å². The van der Waals surface area contributed by atoms with E-state index in [4.69, 9.17) is 16.3 Å². The van der Waals surface area contributed by atoms with E-state index in [2.05, 4.69) is 17.2 Å². The number of nitrogens with zero attached hydrogens (tertiary/aromatic N) is 2. The van der Waals surface area contributed by atoms with Crippen LogP contribution in [-0.2, 0) is 9.53 Å². The van der Waals surface area contributed by atoms with E-state index in [0.717, 1.165) is 19.3 Å². The van der Waals surface area contributed by atoms with Gasteiger partial charge in [0.25, 0.3) is 0 Å². The number of hydrogen-bond acceptors (Lipinski definition) is 3. The predicted molar refractivity (Wildman–Crippen MR) is 106 cm³/mol. The maximum atomic E-state index is 13.1. The third-order valence-corrected chi connectivity index (χ3v) is 6.02. The molecule has 0 radical (unpaired) electrons. The number of nitrogens with one attached hydrogen (secondary N) is 1. The molecule has 3 heterocycles. The second kappa shape index (κ2) is 8.60. The number of carbonyl (C=O) groups is 2. The molecule has 0 aliphatic carbocycles. The third kappa shape index (κ3) is 4.65. The van der Waals surface area contributed by atoms with E-state index in [0.29, 0.717) is 36.8 Å². The van der Waals surface area contributed by atoms with Crippen LogP contribution in [0.2, 0.25) is 5.02 Å². The molecule has 0 spiro atoms. The van der Waals surface area contributed by atoms with Crippen LogP contribution in [-0.4, -0.2) is 66.7 Å². The quantitative estimate of drug-likeness (QED) is 0.656. The molecule has 0 aromatic heterocycles. The van der Waals surface area contributed by atoms with Crippen LogP contribution < -0.4 is 5.32 Å². The molecule has 4 rings (SSSR count). The number of ether oxygens (including phenoxy) is 1. The van der Waals surface area contributed by atoms with Gasteiger partial charge in [-0.2, -0.15) is 0 Å². The maximum Gasteiger partial charge on any atom is 0.320 e. The zero-order valence-electron chi connectivity index (χ0n) is 16.0. The Hall–Kier alpha value is -2.30. The van der Waals surface area contributed by atoms with E-state index in [1.54, 1.807) is 11.0 Å². The van der Waals surface area contributed by atoms with Crippen LogP contribution in [0.1, 0.15) is 24.8 Å². The summed E-state index contributed by atoms with van der Waals surface area (Å²) >= 11 is 6.02. The Morgan fingerprint density at radius 1 is 1.21 bits per heavy atom. The van der Waals surface area contributed by atoms with E-state index >= 15 is 0 Å². The molecule has 3 saturated heterocycles. The van der Waals surface area contributed by atoms with Crippen LogP contribution in [0.15, 0.2) is 18.2 Å². The molecular weight excluding hydrogens is 397 g/mol. The first-order valence-corrected chi connectivity index (χ1v) is 10.3. The number of piperidine rings is 2. The van der Waals surface area contributed by atoms with Crippen molar-refractivity contribution in [1.82, 2.24) is 15.1 Å². The number of benzene rings is 1. The van der Waals surface area contributed by atoms with Crippen LogP contribution in [0.3, 0.4) is 0 Å². The van der Waals surface area contributed by atoms with E-state index in [1.165, 1.54) is 12.1 Å². The second-order valence-corrected chi connectivity index (χ2v) is 8.10. The summed E-state index contributed by atoms with van der Waals surface area (Å²) in [5, 5.41) is 3.24. The SMILES string of the molecule is O=C1CO[C@H]2CCN(C(=O)N3CCC(C#Cc4ccc(F)cc4Cl)CC3)CC2N1. The number of urea groups is 1. The van der Waals surface area contributed by atoms with Crippen molar-refractivity contribution in [1.29, 1.82) is 0 Å². The highest BCUT2D eigenvalue weighted by molar-refractivity contribution is 6.31. The molecule has 8 heteroatoms. The van der Waals surface area contributed by atoms with Gasteiger partial charge in [0.05, 0.1) is 17.2 Å². The first-order valence-electron chi connectivity index (χ1n) is 9.91. The van der Waals surface area contributed by atoms with Crippen molar-refractivity contribution in [3.8, 4) is 11.8 Å². The minimum atomic E-state index is -0.379. The Morgan fingerprint density at radius 2 is 1.97 bits per heavy atom. The minimum Gasteiger partial charge on any atom is -0.366 e. The van der Waals surface area contributed by atoms with Crippen molar-refractivity contribution >= 4 is 23.5 Å². The summed E-state index contributed by atoms with van der Waals surface area (Å²) < 4.78 is 18.7. The number of amides is 3. The Bertz CT molecular complexity index is 860. The van der Waals surface area contributed by atoms with Gasteiger partial charge < -0.3 is 19.9 Å². The third-order valence-electron chi connectivity index (χ3n) is 5.70. The summed E-state index contributed by atoms with van der Waals surface area (Å²) in [4.78, 5) is 28.1. The second-order valence-electron chi connectivity index (χ2n) is 7.70. The molecule has 29 heavy (non-hydrogen) atoms. The highest BCUT2D eigenvalue weighted by Gasteiger charge is 2.37. The molecule has 1 aromatic rings. The zero-order valence-corrected chi connectivity index (χ0v) is 16.8. The van der Waals surface area contributed by atoms with Crippen molar-refractivity contribution in [2.45, 2.75) is 31.4 Å². The van der Waals surface area contributed by atoms with Gasteiger partial charge >= 0.3 is 6.03 Å². The van der Waals surface area contributed by atoms with Gasteiger partial charge in [-0.25, -0.2) is 9.18 Å². The van der Waals surface area contributed by atoms with Gasteiger partial charge in [0.1, 0.15) is 12.4 Å². The molecule has 0 saturated carbocycles. The molecule has 1 N–H and O–H groups in total. The molecule has 0 bridgehead atoms. The zero-order chi connectivity index (χ0) is 20.4. The molecule has 3 aliphatic heterocycles. The normalized spacial score (nSPS) is 25.0. The number of carbonyl (C=O) groups excluding carboxylic acids is 2. The number of likely N-dealkylation sites (tertiary alicyclic amines) is 2. The van der Waals surface area contributed by atoms with Crippen molar-refractivity contribution in [3.05, 3.63) is 34.6 Å². The predicted octanol–water partition coefficient (Wildman–Crippen LogP) is 2.25. The van der Waals surface area contributed by atoms with E-state index in [1.807, 2.05) is 4.90 Å². The maximum absolute atomic E-state index is 13.1. The van der Waals surface area contributed by atoms with E-state index in [9.17, 15) is 14.0 Å². The largest absolute Gasteiger partial charge is 0.366 e. The average Bonchev–Trinajstić information content (AvgIpc) is 2.72. The van der Waals surface area contributed by atoms with Gasteiger partial charge in [-0.3, -0.25) is 4.79 Å². The molecule has 2 atom stereocenters. The van der Waals surface area contributed by atoms with Crippen LogP contribution >= 0.6 is 11.6 Å². The minimum absolute atomic E-state index is 0.00366. The van der Waals surface area contributed by atoms with Gasteiger partial charge in [0.15, 0.2) is 0 Å². The fourth-order valence-electron chi connectivity index (χ4n) is 4.06. The lowest BCUT2D eigenvalue weighted by Crippen LogP contribution is -2.62. The lowest BCUT2D eigenvalue weighted by Gasteiger charge is -2.43. The van der Waals surface area contributed by atoms with Crippen molar-refractivity contribution < 1.29 is 18.7 Å². The Labute approximate surface area is 174 Å². The fraction of sp³-hybridized carbons (Fsp3) is 0.524. The summed E-state index contributed by atoms with van der Waals surface area (Å²) in [5.74, 6) is 5.92. The molecular formula is C21H23ClFN3O3. The molecule has 154 valence electrons. The van der Waals surface area contributed by atoms with Crippen molar-refractivity contribution in [2.24, 2.45) is 5.92 Å². The fourth-order valence-corrected chi connectivity index (χ4v) is 4.27. The summed E-state index contributed by atoms with van der Waals surface area (Å²) in [6, 6.07) is 4.07. The summed E-state index contributed by atoms with van der Waals surface area (Å²) in [7, 11) is 0. The van der Waals surface area contributed by atoms with Gasteiger partial charge in [0, 0.05) is 37.7 Å². The number of hydrogen-bond donors (Lipinski definition) is 1. The molecule has 3 aliphatic rings. The van der Waals surface area contributed by atoms with Gasteiger partial charge in [-0.05, 0) is 37.5 Å². The molecule has 1 aromatic carbocycles. The number of halogens is 2. The van der Waals surface area contributed by atoms with E-state index in [-0.39, 0.29) is 42.4 Å². The van der Waals surface area contributed by atoms with Crippen LogP contribution in [0.4, 0.5) is 9.18 Å². The summed E-state index contributed by atoms with van der Waals surface area (Å²) in [6.45, 7) is 2.51. The topological polar surface area (TPSA) is 61.9 Å². The first-order chi connectivity index (χ1) is 14.0. The lowest BCUT2D eigenvalue weighted by atomic mass is 9.97. The standard InChI is InChI=1S/C21H23ClFN3O3/c22-17-11-16(23)4-3-15(17)2-1-14-5-8-25(9-6-14)21(28)26-10-7-19-18(12-26)24-20(27)13-29-19/h3-4,11,14,18-19H,5-10,12-13H2,(H,24,27)/t18?,19-/m0/s1. The summed E-state index contributed by atoms with van der Waals surface area (Å²) in [5.41, 5.74) is 0.617. The van der Waals surface area contributed by atoms with Gasteiger partial charge in [-0.1, -0.05) is 23.4 Å². The Balaban J connectivity index is 1.30. The monoisotopic (exact) mass is 419 g/mol. The highest BCUT2D eigenvalue weighted by Crippen LogP contribution is 2.22. The number of rotatable bonds is 0. The smallest absolute Gasteiger partial charge is 0.320 e. The van der Waals surface area contributed by atoms with Crippen LogP contribution in [0.25, 0.3) is 0 Å². The van der Waals surface area contributed by atoms with Crippen molar-refractivity contribution in [3.63, 3.8) is 0 Å². The molecule has 3 fully saturated rings. The van der Waals surface area contributed by atoms with Crippen LogP contribution in [0.5, 0.6) is 0 Å². The highest BCUT2D eigenvalue weighted by atomic mass is 35.5. The first kappa shape index (κ1) is 20.0. The number of fused-ring (bicyclic) bond motifs is 1. The molecule has 3 amide bonds. The molecule has 6 nitrogen and oxygen atoms in total. The lowest BCUT2D eigenvalue weighted by molar-refractivity contribution is -0.139. The number of morpholine rings is 1. The Morgan fingerprint density at radius 3 is 2.72 bits per heavy atom. The van der Waals surface area contributed by atoms with Crippen molar-refractivity contribution in [2.75, 3.05) is 32.8 Å². The summed E-state index contributed by atoms with van der Waals surface area (Å²) in [6.07, 6.45) is 2.31.